The SMILES string of the molecule is C=C(/C=C\C)/C(C1=C(C)C2(CCN(CCNC(C)(C)C)CC2)O1)=C(/C)C1=CCCC(C)=C1. The first-order valence-electron chi connectivity index (χ1n) is 12.3. The van der Waals surface area contributed by atoms with Gasteiger partial charge in [0.05, 0.1) is 0 Å². The summed E-state index contributed by atoms with van der Waals surface area (Å²) >= 11 is 0. The number of likely N-dealkylation sites (tertiary alicyclic amines) is 1. The number of nitrogens with one attached hydrogen (secondary N) is 1. The first-order valence-corrected chi connectivity index (χ1v) is 12.3. The first kappa shape index (κ1) is 24.8. The van der Waals surface area contributed by atoms with E-state index >= 15 is 0 Å². The Labute approximate surface area is 196 Å². The van der Waals surface area contributed by atoms with Crippen LogP contribution in [-0.4, -0.2) is 42.2 Å². The van der Waals surface area contributed by atoms with E-state index in [4.69, 9.17) is 4.74 Å². The number of allylic oxidation sites excluding steroid dienone is 8. The molecule has 0 amide bonds. The van der Waals surface area contributed by atoms with E-state index in [0.29, 0.717) is 0 Å². The number of piperidine rings is 1. The maximum Gasteiger partial charge on any atom is 0.136 e. The van der Waals surface area contributed by atoms with Crippen molar-refractivity contribution in [2.45, 2.75) is 85.3 Å². The average Bonchev–Trinajstić information content (AvgIpc) is 2.73. The molecule has 0 atom stereocenters. The molecule has 0 radical (unpaired) electrons. The summed E-state index contributed by atoms with van der Waals surface area (Å²) in [6.45, 7) is 24.2. The molecule has 176 valence electrons. The van der Waals surface area contributed by atoms with E-state index in [-0.39, 0.29) is 11.1 Å². The molecule has 3 heteroatoms. The third-order valence-electron chi connectivity index (χ3n) is 7.10. The van der Waals surface area contributed by atoms with E-state index in [9.17, 15) is 0 Å². The van der Waals surface area contributed by atoms with Gasteiger partial charge in [0.1, 0.15) is 11.4 Å². The predicted octanol–water partition coefficient (Wildman–Crippen LogP) is 6.63. The molecule has 3 nitrogen and oxygen atoms in total. The Bertz CT molecular complexity index is 881. The molecule has 2 heterocycles. The molecule has 0 bridgehead atoms. The lowest BCUT2D eigenvalue weighted by molar-refractivity contribution is -0.0595. The van der Waals surface area contributed by atoms with Crippen LogP contribution in [0.4, 0.5) is 0 Å². The second-order valence-electron chi connectivity index (χ2n) is 10.8. The van der Waals surface area contributed by atoms with Gasteiger partial charge in [-0.2, -0.15) is 0 Å². The molecular weight excluding hydrogens is 392 g/mol. The second kappa shape index (κ2) is 9.97. The fraction of sp³-hybridized carbons (Fsp3) is 0.586. The smallest absolute Gasteiger partial charge is 0.136 e. The summed E-state index contributed by atoms with van der Waals surface area (Å²) in [5.74, 6) is 1.06. The Morgan fingerprint density at radius 2 is 1.94 bits per heavy atom. The van der Waals surface area contributed by atoms with Crippen molar-refractivity contribution < 1.29 is 4.74 Å². The van der Waals surface area contributed by atoms with Crippen LogP contribution in [0.2, 0.25) is 0 Å². The highest BCUT2D eigenvalue weighted by Gasteiger charge is 2.48. The van der Waals surface area contributed by atoms with Crippen molar-refractivity contribution in [2.24, 2.45) is 0 Å². The fourth-order valence-electron chi connectivity index (χ4n) is 5.05. The van der Waals surface area contributed by atoms with E-state index in [0.717, 1.165) is 63.2 Å². The van der Waals surface area contributed by atoms with Gasteiger partial charge in [-0.25, -0.2) is 0 Å². The summed E-state index contributed by atoms with van der Waals surface area (Å²) in [5.41, 5.74) is 7.77. The Morgan fingerprint density at radius 3 is 2.50 bits per heavy atom. The number of rotatable bonds is 7. The highest BCUT2D eigenvalue weighted by molar-refractivity contribution is 5.61. The van der Waals surface area contributed by atoms with Gasteiger partial charge < -0.3 is 15.0 Å². The minimum absolute atomic E-state index is 0.0856. The lowest BCUT2D eigenvalue weighted by Gasteiger charge is -2.50. The van der Waals surface area contributed by atoms with Crippen LogP contribution in [-0.2, 0) is 4.74 Å². The van der Waals surface area contributed by atoms with Crippen molar-refractivity contribution in [1.29, 1.82) is 0 Å². The summed E-state index contributed by atoms with van der Waals surface area (Å²) in [4.78, 5) is 2.57. The highest BCUT2D eigenvalue weighted by Crippen LogP contribution is 2.49. The fourth-order valence-corrected chi connectivity index (χ4v) is 5.05. The summed E-state index contributed by atoms with van der Waals surface area (Å²) in [6, 6.07) is 0. The Morgan fingerprint density at radius 1 is 1.25 bits per heavy atom. The van der Waals surface area contributed by atoms with E-state index in [1.165, 1.54) is 27.9 Å². The number of hydrogen-bond acceptors (Lipinski definition) is 3. The van der Waals surface area contributed by atoms with Crippen molar-refractivity contribution in [3.63, 3.8) is 0 Å². The molecule has 1 saturated heterocycles. The van der Waals surface area contributed by atoms with E-state index < -0.39 is 0 Å². The quantitative estimate of drug-likeness (QED) is 0.453. The van der Waals surface area contributed by atoms with Gasteiger partial charge in [-0.15, -0.1) is 0 Å². The van der Waals surface area contributed by atoms with Gasteiger partial charge in [-0.3, -0.25) is 0 Å². The summed E-state index contributed by atoms with van der Waals surface area (Å²) < 4.78 is 6.69. The zero-order valence-corrected chi connectivity index (χ0v) is 21.5. The van der Waals surface area contributed by atoms with Gasteiger partial charge in [-0.1, -0.05) is 36.5 Å². The molecule has 3 aliphatic rings. The average molecular weight is 437 g/mol. The molecule has 3 rings (SSSR count). The second-order valence-corrected chi connectivity index (χ2v) is 10.8. The zero-order chi connectivity index (χ0) is 23.5. The minimum atomic E-state index is -0.0856. The lowest BCUT2D eigenvalue weighted by atomic mass is 9.76. The largest absolute Gasteiger partial charge is 0.482 e. The van der Waals surface area contributed by atoms with Crippen molar-refractivity contribution in [2.75, 3.05) is 26.2 Å². The predicted molar refractivity (Wildman–Crippen MR) is 138 cm³/mol. The van der Waals surface area contributed by atoms with Gasteiger partial charge in [0.2, 0.25) is 0 Å². The monoisotopic (exact) mass is 436 g/mol. The molecule has 0 saturated carbocycles. The van der Waals surface area contributed by atoms with Crippen LogP contribution in [0.25, 0.3) is 0 Å². The van der Waals surface area contributed by atoms with Crippen molar-refractivity contribution in [1.82, 2.24) is 10.2 Å². The Balaban J connectivity index is 1.77. The summed E-state index contributed by atoms with van der Waals surface area (Å²) in [7, 11) is 0. The Kier molecular flexibility index (Phi) is 7.73. The molecule has 0 aromatic heterocycles. The standard InChI is InChI=1S/C29H44N2O/c1-9-11-22(3)26(23(4)25-13-10-12-21(2)20-25)27-24(5)29(32-27)14-17-31(18-15-29)19-16-30-28(6,7)8/h9,11,13,20,30H,3,10,12,14-19H2,1-2,4-8H3/b11-9-,26-23+. The van der Waals surface area contributed by atoms with Gasteiger partial charge >= 0.3 is 0 Å². The lowest BCUT2D eigenvalue weighted by Crippen LogP contribution is -2.53. The van der Waals surface area contributed by atoms with E-state index in [1.54, 1.807) is 0 Å². The van der Waals surface area contributed by atoms with Crippen LogP contribution in [0, 0.1) is 0 Å². The van der Waals surface area contributed by atoms with Crippen molar-refractivity contribution in [3.05, 3.63) is 70.1 Å². The number of ether oxygens (including phenoxy) is 1. The zero-order valence-electron chi connectivity index (χ0n) is 21.5. The molecule has 32 heavy (non-hydrogen) atoms. The van der Waals surface area contributed by atoms with Crippen molar-refractivity contribution in [3.8, 4) is 0 Å². The molecule has 1 aliphatic carbocycles. The minimum Gasteiger partial charge on any atom is -0.482 e. The summed E-state index contributed by atoms with van der Waals surface area (Å²) in [6.07, 6.45) is 13.3. The highest BCUT2D eigenvalue weighted by atomic mass is 16.5. The number of nitrogens with zero attached hydrogens (tertiary/aromatic N) is 1. The number of hydrogen-bond donors (Lipinski definition) is 1. The van der Waals surface area contributed by atoms with Crippen LogP contribution in [0.5, 0.6) is 0 Å². The molecule has 0 aromatic rings. The topological polar surface area (TPSA) is 24.5 Å². The molecule has 1 N–H and O–H groups in total. The maximum atomic E-state index is 6.69. The van der Waals surface area contributed by atoms with Crippen LogP contribution in [0.1, 0.15) is 74.1 Å². The van der Waals surface area contributed by atoms with Gasteiger partial charge in [0, 0.05) is 55.7 Å². The molecule has 1 fully saturated rings. The van der Waals surface area contributed by atoms with Gasteiger partial charge in [-0.05, 0) is 78.0 Å². The molecule has 2 aliphatic heterocycles. The third-order valence-corrected chi connectivity index (χ3v) is 7.10. The van der Waals surface area contributed by atoms with E-state index in [1.807, 2.05) is 0 Å². The van der Waals surface area contributed by atoms with E-state index in [2.05, 4.69) is 89.6 Å². The Hall–Kier alpha value is -1.84. The van der Waals surface area contributed by atoms with Crippen LogP contribution < -0.4 is 5.32 Å². The van der Waals surface area contributed by atoms with Crippen LogP contribution in [0.15, 0.2) is 70.1 Å². The van der Waals surface area contributed by atoms with Crippen LogP contribution in [0.3, 0.4) is 0 Å². The molecule has 0 unspecified atom stereocenters. The van der Waals surface area contributed by atoms with Gasteiger partial charge in [0.25, 0.3) is 0 Å². The van der Waals surface area contributed by atoms with Crippen LogP contribution >= 0.6 is 0 Å². The molecular formula is C29H44N2O. The normalized spacial score (nSPS) is 22.3. The maximum absolute atomic E-state index is 6.69. The third kappa shape index (κ3) is 5.55. The summed E-state index contributed by atoms with van der Waals surface area (Å²) in [5, 5.41) is 3.61. The molecule has 1 spiro atoms. The van der Waals surface area contributed by atoms with Crippen molar-refractivity contribution >= 4 is 0 Å². The van der Waals surface area contributed by atoms with Gasteiger partial charge in [0.15, 0.2) is 0 Å². The molecule has 0 aromatic carbocycles. The first-order chi connectivity index (χ1) is 15.1.